The first-order chi connectivity index (χ1) is 11.3. The predicted octanol–water partition coefficient (Wildman–Crippen LogP) is 2.53. The molecule has 0 unspecified atom stereocenters. The lowest BCUT2D eigenvalue weighted by atomic mass is 10.1. The Morgan fingerprint density at radius 1 is 1.26 bits per heavy atom. The zero-order chi connectivity index (χ0) is 15.6. The van der Waals surface area contributed by atoms with Gasteiger partial charge in [-0.3, -0.25) is 4.90 Å². The summed E-state index contributed by atoms with van der Waals surface area (Å²) in [5.74, 6) is 0.819. The van der Waals surface area contributed by atoms with Gasteiger partial charge < -0.3 is 9.30 Å². The summed E-state index contributed by atoms with van der Waals surface area (Å²) in [4.78, 5) is 7.00. The minimum Gasteiger partial charge on any atom is -0.492 e. The molecule has 1 saturated carbocycles. The lowest BCUT2D eigenvalue weighted by molar-refractivity contribution is 0.193. The van der Waals surface area contributed by atoms with Crippen LogP contribution in [-0.4, -0.2) is 34.1 Å². The van der Waals surface area contributed by atoms with E-state index in [1.807, 2.05) is 18.5 Å². The maximum atomic E-state index is 8.79. The van der Waals surface area contributed by atoms with E-state index >= 15 is 0 Å². The first-order valence-electron chi connectivity index (χ1n) is 8.23. The Hall–Kier alpha value is -2.32. The molecule has 5 nitrogen and oxygen atoms in total. The molecule has 2 heterocycles. The molecule has 0 saturated heterocycles. The zero-order valence-electron chi connectivity index (χ0n) is 13.1. The van der Waals surface area contributed by atoms with Crippen LogP contribution in [0, 0.1) is 11.3 Å². The molecular formula is C18H20N4O. The lowest BCUT2D eigenvalue weighted by Gasteiger charge is -2.26. The molecule has 1 aromatic carbocycles. The molecule has 0 radical (unpaired) electrons. The molecule has 1 aromatic heterocycles. The molecule has 1 fully saturated rings. The molecule has 23 heavy (non-hydrogen) atoms. The number of rotatable bonds is 5. The third kappa shape index (κ3) is 3.08. The summed E-state index contributed by atoms with van der Waals surface area (Å²) in [6.45, 7) is 3.55. The second-order valence-corrected chi connectivity index (χ2v) is 6.29. The fourth-order valence-corrected chi connectivity index (χ4v) is 3.16. The van der Waals surface area contributed by atoms with Gasteiger partial charge in [-0.25, -0.2) is 4.98 Å². The average Bonchev–Trinajstić information content (AvgIpc) is 3.35. The van der Waals surface area contributed by atoms with Crippen molar-refractivity contribution in [2.45, 2.75) is 31.8 Å². The summed E-state index contributed by atoms with van der Waals surface area (Å²) in [5, 5.41) is 8.79. The number of aromatic nitrogens is 2. The molecule has 0 spiro atoms. The maximum Gasteiger partial charge on any atom is 0.119 e. The second kappa shape index (κ2) is 6.05. The van der Waals surface area contributed by atoms with E-state index in [1.165, 1.54) is 24.2 Å². The smallest absolute Gasteiger partial charge is 0.119 e. The molecule has 0 amide bonds. The number of fused-ring (bicyclic) bond motifs is 1. The van der Waals surface area contributed by atoms with Gasteiger partial charge in [0.15, 0.2) is 0 Å². The van der Waals surface area contributed by atoms with Crippen LogP contribution in [0.4, 0.5) is 0 Å². The van der Waals surface area contributed by atoms with Crippen molar-refractivity contribution in [2.75, 3.05) is 19.7 Å². The highest BCUT2D eigenvalue weighted by atomic mass is 16.5. The number of ether oxygens (including phenoxy) is 1. The molecule has 0 bridgehead atoms. The fraction of sp³-hybridized carbons (Fsp3) is 0.444. The Morgan fingerprint density at radius 3 is 2.83 bits per heavy atom. The van der Waals surface area contributed by atoms with Crippen LogP contribution in [0.5, 0.6) is 5.75 Å². The van der Waals surface area contributed by atoms with Gasteiger partial charge in [0, 0.05) is 37.8 Å². The van der Waals surface area contributed by atoms with E-state index in [9.17, 15) is 0 Å². The van der Waals surface area contributed by atoms with Crippen molar-refractivity contribution >= 4 is 0 Å². The number of nitrogens with zero attached hydrogens (tertiary/aromatic N) is 4. The van der Waals surface area contributed by atoms with E-state index < -0.39 is 0 Å². The van der Waals surface area contributed by atoms with E-state index in [4.69, 9.17) is 10.00 Å². The Bertz CT molecular complexity index is 724. The van der Waals surface area contributed by atoms with Crippen molar-refractivity contribution < 1.29 is 4.74 Å². The van der Waals surface area contributed by atoms with Crippen LogP contribution in [0.25, 0.3) is 0 Å². The van der Waals surface area contributed by atoms with E-state index in [-0.39, 0.29) is 0 Å². The number of imidazole rings is 1. The van der Waals surface area contributed by atoms with Gasteiger partial charge in [-0.1, -0.05) is 0 Å². The number of benzene rings is 1. The normalized spacial score (nSPS) is 17.5. The van der Waals surface area contributed by atoms with Gasteiger partial charge in [0.2, 0.25) is 0 Å². The summed E-state index contributed by atoms with van der Waals surface area (Å²) in [6, 6.07) is 10.1. The molecule has 2 aliphatic rings. The largest absolute Gasteiger partial charge is 0.492 e. The highest BCUT2D eigenvalue weighted by molar-refractivity contribution is 5.34. The second-order valence-electron chi connectivity index (χ2n) is 6.29. The standard InChI is InChI=1S/C18H20N4O/c19-11-14-1-5-16(6-2-14)23-10-9-21-8-7-18-17(12-21)20-13-22(18)15-3-4-15/h1-2,5-6,13,15H,3-4,7-10,12H2. The molecule has 2 aromatic rings. The van der Waals surface area contributed by atoms with Crippen LogP contribution in [0.1, 0.15) is 35.8 Å². The average molecular weight is 308 g/mol. The van der Waals surface area contributed by atoms with Crippen molar-refractivity contribution in [3.05, 3.63) is 47.5 Å². The van der Waals surface area contributed by atoms with Gasteiger partial charge in [-0.05, 0) is 37.1 Å². The predicted molar refractivity (Wildman–Crippen MR) is 86.1 cm³/mol. The van der Waals surface area contributed by atoms with Crippen molar-refractivity contribution in [3.8, 4) is 11.8 Å². The van der Waals surface area contributed by atoms with Crippen molar-refractivity contribution in [2.24, 2.45) is 0 Å². The molecule has 1 aliphatic heterocycles. The van der Waals surface area contributed by atoms with Crippen molar-refractivity contribution in [1.29, 1.82) is 5.26 Å². The summed E-state index contributed by atoms with van der Waals surface area (Å²) >= 11 is 0. The summed E-state index contributed by atoms with van der Waals surface area (Å²) < 4.78 is 8.16. The highest BCUT2D eigenvalue weighted by Gasteiger charge is 2.29. The zero-order valence-corrected chi connectivity index (χ0v) is 13.1. The van der Waals surface area contributed by atoms with E-state index in [0.29, 0.717) is 12.2 Å². The van der Waals surface area contributed by atoms with E-state index in [1.54, 1.807) is 12.1 Å². The van der Waals surface area contributed by atoms with Gasteiger partial charge in [0.25, 0.3) is 0 Å². The van der Waals surface area contributed by atoms with Gasteiger partial charge in [-0.2, -0.15) is 5.26 Å². The lowest BCUT2D eigenvalue weighted by Crippen LogP contribution is -2.34. The molecule has 118 valence electrons. The van der Waals surface area contributed by atoms with Gasteiger partial charge in [0.05, 0.1) is 23.7 Å². The molecule has 0 atom stereocenters. The van der Waals surface area contributed by atoms with E-state index in [2.05, 4.69) is 20.5 Å². The SMILES string of the molecule is N#Cc1ccc(OCCN2CCc3c(ncn3C3CC3)C2)cc1. The Labute approximate surface area is 136 Å². The Morgan fingerprint density at radius 2 is 2.09 bits per heavy atom. The minimum atomic E-state index is 0.657. The summed E-state index contributed by atoms with van der Waals surface area (Å²) in [6.07, 6.45) is 5.73. The third-order valence-corrected chi connectivity index (χ3v) is 4.62. The number of hydrogen-bond donors (Lipinski definition) is 0. The molecular weight excluding hydrogens is 288 g/mol. The summed E-state index contributed by atoms with van der Waals surface area (Å²) in [5.41, 5.74) is 3.34. The minimum absolute atomic E-state index is 0.657. The Balaban J connectivity index is 1.29. The van der Waals surface area contributed by atoms with E-state index in [0.717, 1.165) is 37.8 Å². The van der Waals surface area contributed by atoms with Crippen LogP contribution in [0.15, 0.2) is 30.6 Å². The third-order valence-electron chi connectivity index (χ3n) is 4.62. The van der Waals surface area contributed by atoms with Crippen LogP contribution in [-0.2, 0) is 13.0 Å². The Kier molecular flexibility index (Phi) is 3.76. The topological polar surface area (TPSA) is 54.1 Å². The maximum absolute atomic E-state index is 8.79. The molecule has 0 N–H and O–H groups in total. The first kappa shape index (κ1) is 14.3. The van der Waals surface area contributed by atoms with Crippen LogP contribution in [0.2, 0.25) is 0 Å². The molecule has 4 rings (SSSR count). The van der Waals surface area contributed by atoms with Crippen molar-refractivity contribution in [3.63, 3.8) is 0 Å². The summed E-state index contributed by atoms with van der Waals surface area (Å²) in [7, 11) is 0. The van der Waals surface area contributed by atoms with Crippen LogP contribution in [0.3, 0.4) is 0 Å². The fourth-order valence-electron chi connectivity index (χ4n) is 3.16. The highest BCUT2D eigenvalue weighted by Crippen LogP contribution is 2.37. The molecule has 5 heteroatoms. The van der Waals surface area contributed by atoms with Gasteiger partial charge in [0.1, 0.15) is 12.4 Å². The van der Waals surface area contributed by atoms with Crippen LogP contribution >= 0.6 is 0 Å². The molecule has 1 aliphatic carbocycles. The quantitative estimate of drug-likeness (QED) is 0.852. The number of hydrogen-bond acceptors (Lipinski definition) is 4. The van der Waals surface area contributed by atoms with Gasteiger partial charge >= 0.3 is 0 Å². The monoisotopic (exact) mass is 308 g/mol. The number of nitriles is 1. The van der Waals surface area contributed by atoms with Gasteiger partial charge in [-0.15, -0.1) is 0 Å². The first-order valence-corrected chi connectivity index (χ1v) is 8.23. The van der Waals surface area contributed by atoms with Crippen molar-refractivity contribution in [1.82, 2.24) is 14.5 Å². The van der Waals surface area contributed by atoms with Crippen LogP contribution < -0.4 is 4.74 Å².